The summed E-state index contributed by atoms with van der Waals surface area (Å²) in [6.07, 6.45) is 8.70. The van der Waals surface area contributed by atoms with Crippen LogP contribution in [-0.2, 0) is 9.57 Å². The molecule has 0 bridgehead atoms. The number of carbonyl (C=O) groups excluding carboxylic acids is 1. The van der Waals surface area contributed by atoms with Crippen molar-refractivity contribution in [2.24, 2.45) is 5.73 Å². The van der Waals surface area contributed by atoms with Gasteiger partial charge in [0.1, 0.15) is 6.10 Å². The molecule has 1 saturated heterocycles. The van der Waals surface area contributed by atoms with Gasteiger partial charge in [0.05, 0.1) is 22.2 Å². The lowest BCUT2D eigenvalue weighted by Crippen LogP contribution is -2.26. The Morgan fingerprint density at radius 2 is 2.07 bits per heavy atom. The third-order valence-corrected chi connectivity index (χ3v) is 8.51. The summed E-state index contributed by atoms with van der Waals surface area (Å²) in [6.45, 7) is 1.76. The van der Waals surface area contributed by atoms with E-state index in [1.807, 2.05) is 23.0 Å². The molecule has 3 fully saturated rings. The van der Waals surface area contributed by atoms with E-state index in [0.717, 1.165) is 56.2 Å². The topological polar surface area (TPSA) is 77.7 Å². The van der Waals surface area contributed by atoms with Crippen LogP contribution in [0.1, 0.15) is 55.9 Å². The van der Waals surface area contributed by atoms with Gasteiger partial charge >= 0.3 is 6.09 Å². The average Bonchev–Trinajstić information content (AvgIpc) is 3.20. The van der Waals surface area contributed by atoms with Gasteiger partial charge in [-0.1, -0.05) is 6.07 Å². The van der Waals surface area contributed by atoms with Gasteiger partial charge < -0.3 is 10.5 Å². The minimum atomic E-state index is -0.668. The number of rotatable bonds is 6. The highest BCUT2D eigenvalue weighted by molar-refractivity contribution is 8.00. The van der Waals surface area contributed by atoms with Crippen molar-refractivity contribution in [2.45, 2.75) is 67.1 Å². The zero-order chi connectivity index (χ0) is 20.5. The lowest BCUT2D eigenvalue weighted by Gasteiger charge is -2.26. The van der Waals surface area contributed by atoms with E-state index in [2.05, 4.69) is 18.2 Å². The predicted octanol–water partition coefficient (Wildman–Crippen LogP) is 5.33. The molecule has 0 unspecified atom stereocenters. The van der Waals surface area contributed by atoms with Crippen molar-refractivity contribution in [1.29, 1.82) is 0 Å². The van der Waals surface area contributed by atoms with Gasteiger partial charge in [0.25, 0.3) is 0 Å². The molecule has 2 aliphatic carbocycles. The molecule has 30 heavy (non-hydrogen) atoms. The number of amides is 1. The van der Waals surface area contributed by atoms with E-state index in [9.17, 15) is 4.79 Å². The normalized spacial score (nSPS) is 24.2. The zero-order valence-corrected chi connectivity index (χ0v) is 18.6. The van der Waals surface area contributed by atoms with Crippen LogP contribution in [0, 0.1) is 0 Å². The summed E-state index contributed by atoms with van der Waals surface area (Å²) in [7, 11) is 0. The Balaban J connectivity index is 1.33. The second-order valence-electron chi connectivity index (χ2n) is 8.26. The largest absolute Gasteiger partial charge is 0.446 e. The summed E-state index contributed by atoms with van der Waals surface area (Å²) < 4.78 is 5.17. The maximum Gasteiger partial charge on any atom is 0.404 e. The molecule has 160 valence electrons. The van der Waals surface area contributed by atoms with E-state index >= 15 is 0 Å². The van der Waals surface area contributed by atoms with Crippen molar-refractivity contribution in [3.63, 3.8) is 0 Å². The van der Waals surface area contributed by atoms with Crippen LogP contribution in [0.2, 0.25) is 0 Å². The monoisotopic (exact) mass is 445 g/mol. The van der Waals surface area contributed by atoms with Crippen LogP contribution < -0.4 is 10.8 Å². The fourth-order valence-electron chi connectivity index (χ4n) is 4.18. The quantitative estimate of drug-likeness (QED) is 0.648. The van der Waals surface area contributed by atoms with Crippen molar-refractivity contribution in [3.8, 4) is 10.4 Å². The molecule has 8 heteroatoms. The number of aromatic nitrogens is 1. The molecule has 2 N–H and O–H groups in total. The SMILES string of the molecule is NC(=O)OC1CCC(c2ncc(-c3ccc(N4CCCO4)cc3SC3CC3)s2)CC1. The molecule has 0 radical (unpaired) electrons. The van der Waals surface area contributed by atoms with Crippen molar-refractivity contribution in [1.82, 2.24) is 4.98 Å². The highest BCUT2D eigenvalue weighted by Gasteiger charge is 2.28. The van der Waals surface area contributed by atoms with Gasteiger partial charge in [-0.25, -0.2) is 9.78 Å². The van der Waals surface area contributed by atoms with Crippen molar-refractivity contribution >= 4 is 34.9 Å². The molecule has 0 atom stereocenters. The minimum absolute atomic E-state index is 0.0416. The molecule has 3 aliphatic rings. The van der Waals surface area contributed by atoms with E-state index in [1.165, 1.54) is 33.2 Å². The maximum atomic E-state index is 11.0. The Hall–Kier alpha value is -1.77. The first-order chi connectivity index (χ1) is 14.7. The van der Waals surface area contributed by atoms with E-state index in [1.54, 1.807) is 11.3 Å². The van der Waals surface area contributed by atoms with Gasteiger partial charge in [0.2, 0.25) is 0 Å². The van der Waals surface area contributed by atoms with E-state index in [0.29, 0.717) is 5.92 Å². The second kappa shape index (κ2) is 8.77. The van der Waals surface area contributed by atoms with Crippen molar-refractivity contribution in [2.75, 3.05) is 18.2 Å². The standard InChI is InChI=1S/C22H27N3O3S2/c23-22(26)28-16-5-2-14(3-6-16)21-24-13-20(30-21)18-9-4-15(25-10-1-11-27-25)12-19(18)29-17-7-8-17/h4,9,12-14,16-17H,1-3,5-8,10-11H2,(H2,23,26). The van der Waals surface area contributed by atoms with Gasteiger partial charge in [-0.15, -0.1) is 23.1 Å². The number of thioether (sulfide) groups is 1. The highest BCUT2D eigenvalue weighted by Crippen LogP contribution is 2.46. The molecule has 0 spiro atoms. The van der Waals surface area contributed by atoms with Crippen LogP contribution in [0.3, 0.4) is 0 Å². The average molecular weight is 446 g/mol. The summed E-state index contributed by atoms with van der Waals surface area (Å²) in [6, 6.07) is 6.69. The highest BCUT2D eigenvalue weighted by atomic mass is 32.2. The van der Waals surface area contributed by atoms with E-state index < -0.39 is 6.09 Å². The molecular formula is C22H27N3O3S2. The summed E-state index contributed by atoms with van der Waals surface area (Å²) >= 11 is 3.80. The third kappa shape index (κ3) is 4.60. The molecular weight excluding hydrogens is 418 g/mol. The fourth-order valence-corrected chi connectivity index (χ4v) is 6.59. The maximum absolute atomic E-state index is 11.0. The number of hydrogen-bond donors (Lipinski definition) is 1. The van der Waals surface area contributed by atoms with Crippen LogP contribution in [0.25, 0.3) is 10.4 Å². The number of hydrogen-bond acceptors (Lipinski definition) is 7. The molecule has 5 rings (SSSR count). The summed E-state index contributed by atoms with van der Waals surface area (Å²) in [5.74, 6) is 0.438. The first kappa shape index (κ1) is 20.2. The number of primary amides is 1. The number of thiazole rings is 1. The number of nitrogens with two attached hydrogens (primary N) is 1. The third-order valence-electron chi connectivity index (χ3n) is 5.92. The van der Waals surface area contributed by atoms with Gasteiger partial charge in [-0.2, -0.15) is 0 Å². The van der Waals surface area contributed by atoms with E-state index in [-0.39, 0.29) is 6.10 Å². The van der Waals surface area contributed by atoms with Crippen LogP contribution in [0.15, 0.2) is 29.3 Å². The Morgan fingerprint density at radius 3 is 2.77 bits per heavy atom. The van der Waals surface area contributed by atoms with Crippen LogP contribution in [0.5, 0.6) is 0 Å². The fraction of sp³-hybridized carbons (Fsp3) is 0.545. The Bertz CT molecular complexity index is 901. The predicted molar refractivity (Wildman–Crippen MR) is 120 cm³/mol. The van der Waals surface area contributed by atoms with Crippen LogP contribution in [-0.4, -0.2) is 35.6 Å². The molecule has 1 aromatic carbocycles. The first-order valence-corrected chi connectivity index (χ1v) is 12.5. The van der Waals surface area contributed by atoms with Crippen molar-refractivity contribution in [3.05, 3.63) is 29.4 Å². The number of nitrogens with zero attached hydrogens (tertiary/aromatic N) is 2. The molecule has 2 aromatic rings. The Labute approximate surface area is 185 Å². The lowest BCUT2D eigenvalue weighted by molar-refractivity contribution is 0.0787. The molecule has 2 saturated carbocycles. The number of carbonyl (C=O) groups is 1. The van der Waals surface area contributed by atoms with Crippen LogP contribution >= 0.6 is 23.1 Å². The number of ether oxygens (including phenoxy) is 1. The number of benzene rings is 1. The van der Waals surface area contributed by atoms with Gasteiger partial charge in [-0.3, -0.25) is 9.90 Å². The molecule has 2 heterocycles. The Morgan fingerprint density at radius 1 is 1.23 bits per heavy atom. The second-order valence-corrected chi connectivity index (χ2v) is 10.7. The van der Waals surface area contributed by atoms with Crippen LogP contribution in [0.4, 0.5) is 10.5 Å². The molecule has 6 nitrogen and oxygen atoms in total. The Kier molecular flexibility index (Phi) is 5.89. The summed E-state index contributed by atoms with van der Waals surface area (Å²) in [5.41, 5.74) is 7.59. The van der Waals surface area contributed by atoms with Crippen molar-refractivity contribution < 1.29 is 14.4 Å². The van der Waals surface area contributed by atoms with E-state index in [4.69, 9.17) is 20.3 Å². The first-order valence-electron chi connectivity index (χ1n) is 10.8. The summed E-state index contributed by atoms with van der Waals surface area (Å²) in [4.78, 5) is 24.1. The lowest BCUT2D eigenvalue weighted by atomic mass is 9.88. The summed E-state index contributed by atoms with van der Waals surface area (Å²) in [5, 5.41) is 3.95. The molecule has 1 amide bonds. The number of hydroxylamine groups is 1. The van der Waals surface area contributed by atoms with Gasteiger partial charge in [0.15, 0.2) is 0 Å². The molecule has 1 aromatic heterocycles. The molecule has 1 aliphatic heterocycles. The zero-order valence-electron chi connectivity index (χ0n) is 16.9. The minimum Gasteiger partial charge on any atom is -0.446 e. The van der Waals surface area contributed by atoms with Gasteiger partial charge in [-0.05, 0) is 57.1 Å². The smallest absolute Gasteiger partial charge is 0.404 e. The van der Waals surface area contributed by atoms with Gasteiger partial charge in [0, 0.05) is 34.4 Å². The number of anilines is 1.